The number of benzene rings is 1. The predicted octanol–water partition coefficient (Wildman–Crippen LogP) is 1.24. The molecule has 12 heavy (non-hydrogen) atoms. The van der Waals surface area contributed by atoms with E-state index in [0.717, 1.165) is 5.56 Å². The van der Waals surface area contributed by atoms with Crippen molar-refractivity contribution in [3.05, 3.63) is 35.9 Å². The fourth-order valence-corrected chi connectivity index (χ4v) is 1.04. The smallest absolute Gasteiger partial charge is 0.102 e. The maximum absolute atomic E-state index is 9.94. The van der Waals surface area contributed by atoms with Crippen LogP contribution in [-0.4, -0.2) is 11.1 Å². The molecule has 0 amide bonds. The molecule has 3 N–H and O–H groups in total. The molecule has 0 aromatic heterocycles. The van der Waals surface area contributed by atoms with Crippen LogP contribution >= 0.6 is 0 Å². The van der Waals surface area contributed by atoms with Gasteiger partial charge in [-0.25, -0.2) is 0 Å². The van der Waals surface area contributed by atoms with E-state index in [1.165, 1.54) is 0 Å². The van der Waals surface area contributed by atoms with Crippen LogP contribution in [0.4, 0.5) is 0 Å². The molecule has 2 atom stereocenters. The van der Waals surface area contributed by atoms with Crippen molar-refractivity contribution in [1.82, 2.24) is 0 Å². The summed E-state index contributed by atoms with van der Waals surface area (Å²) in [5.74, 6) is 0. The van der Waals surface area contributed by atoms with Gasteiger partial charge in [0, 0.05) is 6.04 Å². The summed E-state index contributed by atoms with van der Waals surface area (Å²) in [7, 11) is 0. The van der Waals surface area contributed by atoms with Crippen molar-refractivity contribution in [1.29, 1.82) is 0 Å². The molecule has 0 saturated heterocycles. The zero-order valence-corrected chi connectivity index (χ0v) is 7.49. The normalized spacial score (nSPS) is 18.3. The van der Waals surface area contributed by atoms with Crippen molar-refractivity contribution in [2.75, 3.05) is 0 Å². The minimum absolute atomic E-state index is 0.264. The van der Waals surface area contributed by atoms with Crippen LogP contribution in [0.15, 0.2) is 30.3 Å². The molecule has 0 fully saturated rings. The minimum Gasteiger partial charge on any atom is -0.384 e. The number of aliphatic hydroxyl groups is 1. The van der Waals surface area contributed by atoms with E-state index in [9.17, 15) is 5.11 Å². The van der Waals surface area contributed by atoms with Crippen molar-refractivity contribution < 1.29 is 5.11 Å². The minimum atomic E-state index is -0.929. The standard InChI is InChI=1S/C10H15NO/c1-8(11)10(2,12)9-6-4-3-5-7-9/h3-8,12H,11H2,1-2H3/t8?,10-/m1/s1. The molecule has 0 aliphatic heterocycles. The lowest BCUT2D eigenvalue weighted by Crippen LogP contribution is -2.40. The summed E-state index contributed by atoms with van der Waals surface area (Å²) in [6.45, 7) is 3.53. The fourth-order valence-electron chi connectivity index (χ4n) is 1.04. The molecule has 1 aromatic carbocycles. The number of rotatable bonds is 2. The average molecular weight is 165 g/mol. The third-order valence-corrected chi connectivity index (χ3v) is 2.24. The van der Waals surface area contributed by atoms with E-state index in [0.29, 0.717) is 0 Å². The third-order valence-electron chi connectivity index (χ3n) is 2.24. The quantitative estimate of drug-likeness (QED) is 0.692. The van der Waals surface area contributed by atoms with Crippen LogP contribution in [0.1, 0.15) is 19.4 Å². The zero-order valence-electron chi connectivity index (χ0n) is 7.49. The second-order valence-electron chi connectivity index (χ2n) is 3.30. The van der Waals surface area contributed by atoms with Gasteiger partial charge in [-0.15, -0.1) is 0 Å². The van der Waals surface area contributed by atoms with E-state index in [-0.39, 0.29) is 6.04 Å². The summed E-state index contributed by atoms with van der Waals surface area (Å²) < 4.78 is 0. The van der Waals surface area contributed by atoms with Crippen molar-refractivity contribution in [2.24, 2.45) is 5.73 Å². The molecule has 66 valence electrons. The number of hydrogen-bond acceptors (Lipinski definition) is 2. The summed E-state index contributed by atoms with van der Waals surface area (Å²) in [5, 5.41) is 9.94. The van der Waals surface area contributed by atoms with Crippen LogP contribution in [0.25, 0.3) is 0 Å². The van der Waals surface area contributed by atoms with Gasteiger partial charge in [0.2, 0.25) is 0 Å². The highest BCUT2D eigenvalue weighted by molar-refractivity contribution is 5.22. The molecular weight excluding hydrogens is 150 g/mol. The molecule has 0 radical (unpaired) electrons. The van der Waals surface area contributed by atoms with Crippen molar-refractivity contribution in [3.63, 3.8) is 0 Å². The fraction of sp³-hybridized carbons (Fsp3) is 0.400. The maximum atomic E-state index is 9.94. The number of hydrogen-bond donors (Lipinski definition) is 2. The molecule has 1 aromatic rings. The molecule has 0 spiro atoms. The number of nitrogens with two attached hydrogens (primary N) is 1. The summed E-state index contributed by atoms with van der Waals surface area (Å²) in [5.41, 5.74) is 5.58. The van der Waals surface area contributed by atoms with Crippen molar-refractivity contribution in [3.8, 4) is 0 Å². The largest absolute Gasteiger partial charge is 0.384 e. The molecule has 0 aliphatic carbocycles. The third kappa shape index (κ3) is 1.65. The Bertz CT molecular complexity index is 241. The second-order valence-corrected chi connectivity index (χ2v) is 3.30. The monoisotopic (exact) mass is 165 g/mol. The van der Waals surface area contributed by atoms with E-state index in [1.807, 2.05) is 30.3 Å². The molecule has 1 unspecified atom stereocenters. The highest BCUT2D eigenvalue weighted by Crippen LogP contribution is 2.22. The van der Waals surface area contributed by atoms with E-state index in [4.69, 9.17) is 5.73 Å². The first kappa shape index (κ1) is 9.23. The molecule has 0 bridgehead atoms. The molecule has 0 saturated carbocycles. The Hall–Kier alpha value is -0.860. The lowest BCUT2D eigenvalue weighted by molar-refractivity contribution is 0.0349. The predicted molar refractivity (Wildman–Crippen MR) is 49.7 cm³/mol. The molecule has 2 heteroatoms. The Labute approximate surface area is 73.0 Å². The molecular formula is C10H15NO. The highest BCUT2D eigenvalue weighted by atomic mass is 16.3. The Kier molecular flexibility index (Phi) is 2.50. The summed E-state index contributed by atoms with van der Waals surface area (Å²) in [6.07, 6.45) is 0. The highest BCUT2D eigenvalue weighted by Gasteiger charge is 2.26. The summed E-state index contributed by atoms with van der Waals surface area (Å²) in [6, 6.07) is 9.20. The first-order chi connectivity index (χ1) is 5.55. The second kappa shape index (κ2) is 3.25. The Morgan fingerprint density at radius 3 is 2.25 bits per heavy atom. The molecule has 0 aliphatic rings. The molecule has 2 nitrogen and oxygen atoms in total. The first-order valence-electron chi connectivity index (χ1n) is 4.08. The van der Waals surface area contributed by atoms with E-state index >= 15 is 0 Å². The average Bonchev–Trinajstić information content (AvgIpc) is 2.06. The SMILES string of the molecule is CC(N)[C@@](C)(O)c1ccccc1. The lowest BCUT2D eigenvalue weighted by atomic mass is 9.90. The molecule has 1 rings (SSSR count). The van der Waals surface area contributed by atoms with Crippen molar-refractivity contribution in [2.45, 2.75) is 25.5 Å². The van der Waals surface area contributed by atoms with Crippen LogP contribution < -0.4 is 5.73 Å². The van der Waals surface area contributed by atoms with E-state index in [2.05, 4.69) is 0 Å². The van der Waals surface area contributed by atoms with Gasteiger partial charge < -0.3 is 10.8 Å². The van der Waals surface area contributed by atoms with E-state index in [1.54, 1.807) is 13.8 Å². The van der Waals surface area contributed by atoms with Crippen LogP contribution in [0.3, 0.4) is 0 Å². The van der Waals surface area contributed by atoms with E-state index < -0.39 is 5.60 Å². The van der Waals surface area contributed by atoms with Crippen LogP contribution in [0.2, 0.25) is 0 Å². The van der Waals surface area contributed by atoms with Gasteiger partial charge in [0.15, 0.2) is 0 Å². The van der Waals surface area contributed by atoms with Gasteiger partial charge >= 0.3 is 0 Å². The zero-order chi connectivity index (χ0) is 9.19. The molecule has 0 heterocycles. The van der Waals surface area contributed by atoms with Crippen LogP contribution in [-0.2, 0) is 5.60 Å². The Morgan fingerprint density at radius 2 is 1.83 bits per heavy atom. The lowest BCUT2D eigenvalue weighted by Gasteiger charge is -2.27. The maximum Gasteiger partial charge on any atom is 0.102 e. The van der Waals surface area contributed by atoms with Gasteiger partial charge in [0.25, 0.3) is 0 Å². The van der Waals surface area contributed by atoms with Gasteiger partial charge in [0.05, 0.1) is 0 Å². The van der Waals surface area contributed by atoms with Crippen LogP contribution in [0.5, 0.6) is 0 Å². The summed E-state index contributed by atoms with van der Waals surface area (Å²) >= 11 is 0. The Balaban J connectivity index is 2.98. The van der Waals surface area contributed by atoms with Gasteiger partial charge in [0.1, 0.15) is 5.60 Å². The van der Waals surface area contributed by atoms with Gasteiger partial charge in [-0.05, 0) is 19.4 Å². The van der Waals surface area contributed by atoms with Gasteiger partial charge in [-0.1, -0.05) is 30.3 Å². The van der Waals surface area contributed by atoms with Crippen molar-refractivity contribution >= 4 is 0 Å². The van der Waals surface area contributed by atoms with Gasteiger partial charge in [-0.3, -0.25) is 0 Å². The van der Waals surface area contributed by atoms with Gasteiger partial charge in [-0.2, -0.15) is 0 Å². The Morgan fingerprint density at radius 1 is 1.33 bits per heavy atom. The summed E-state index contributed by atoms with van der Waals surface area (Å²) in [4.78, 5) is 0. The van der Waals surface area contributed by atoms with Crippen LogP contribution in [0, 0.1) is 0 Å². The topological polar surface area (TPSA) is 46.2 Å². The first-order valence-corrected chi connectivity index (χ1v) is 4.08.